The number of rotatable bonds is 4. The van der Waals surface area contributed by atoms with Crippen LogP contribution < -0.4 is 10.2 Å². The molecule has 0 radical (unpaired) electrons. The fourth-order valence-electron chi connectivity index (χ4n) is 2.68. The molecule has 1 aliphatic carbocycles. The number of hydrogen-bond donors (Lipinski definition) is 2. The summed E-state index contributed by atoms with van der Waals surface area (Å²) in [7, 11) is 0. The van der Waals surface area contributed by atoms with Crippen molar-refractivity contribution in [2.24, 2.45) is 5.41 Å². The standard InChI is InChI=1S/C15H14Cl2N2O4/c16-9-2-1-8(7-10(9)17)19-6-3-11(12(19)20)18-13(21)15(4-5-15)14(22)23/h1-2,7,11H,3-6H2,(H,18,21)(H,22,23). The molecule has 8 heteroatoms. The molecule has 0 aromatic heterocycles. The first-order valence-electron chi connectivity index (χ1n) is 7.16. The molecule has 0 spiro atoms. The first-order chi connectivity index (χ1) is 10.8. The maximum atomic E-state index is 12.4. The highest BCUT2D eigenvalue weighted by molar-refractivity contribution is 6.42. The van der Waals surface area contributed by atoms with E-state index in [1.807, 2.05) is 0 Å². The predicted molar refractivity (Wildman–Crippen MR) is 84.7 cm³/mol. The average molecular weight is 357 g/mol. The second-order valence-corrected chi connectivity index (χ2v) is 6.60. The summed E-state index contributed by atoms with van der Waals surface area (Å²) in [5.74, 6) is -2.00. The van der Waals surface area contributed by atoms with Gasteiger partial charge in [-0.15, -0.1) is 0 Å². The Morgan fingerprint density at radius 2 is 1.96 bits per heavy atom. The van der Waals surface area contributed by atoms with E-state index in [0.717, 1.165) is 0 Å². The first kappa shape index (κ1) is 16.1. The van der Waals surface area contributed by atoms with Crippen LogP contribution >= 0.6 is 23.2 Å². The molecule has 2 aliphatic rings. The number of hydrogen-bond acceptors (Lipinski definition) is 3. The van der Waals surface area contributed by atoms with Gasteiger partial charge in [0.15, 0.2) is 0 Å². The molecule has 1 aromatic rings. The van der Waals surface area contributed by atoms with Gasteiger partial charge in [0.05, 0.1) is 10.0 Å². The van der Waals surface area contributed by atoms with E-state index >= 15 is 0 Å². The van der Waals surface area contributed by atoms with Gasteiger partial charge < -0.3 is 15.3 Å². The van der Waals surface area contributed by atoms with Gasteiger partial charge in [0, 0.05) is 12.2 Å². The van der Waals surface area contributed by atoms with Crippen molar-refractivity contribution in [2.45, 2.75) is 25.3 Å². The highest BCUT2D eigenvalue weighted by atomic mass is 35.5. The summed E-state index contributed by atoms with van der Waals surface area (Å²) < 4.78 is 0. The molecule has 1 aromatic carbocycles. The zero-order valence-corrected chi connectivity index (χ0v) is 13.5. The molecule has 1 saturated carbocycles. The topological polar surface area (TPSA) is 86.7 Å². The lowest BCUT2D eigenvalue weighted by atomic mass is 10.1. The number of carbonyl (C=O) groups excluding carboxylic acids is 2. The molecular formula is C15H14Cl2N2O4. The molecule has 1 saturated heterocycles. The summed E-state index contributed by atoms with van der Waals surface area (Å²) in [5.41, 5.74) is -0.752. The molecule has 1 unspecified atom stereocenters. The number of carboxylic acid groups (broad SMARTS) is 1. The number of benzene rings is 1. The van der Waals surface area contributed by atoms with Crippen LogP contribution in [0.15, 0.2) is 18.2 Å². The van der Waals surface area contributed by atoms with E-state index in [0.29, 0.717) is 41.5 Å². The number of nitrogens with zero attached hydrogens (tertiary/aromatic N) is 1. The largest absolute Gasteiger partial charge is 0.480 e. The Bertz CT molecular complexity index is 703. The lowest BCUT2D eigenvalue weighted by molar-refractivity contribution is -0.149. The van der Waals surface area contributed by atoms with Crippen molar-refractivity contribution in [3.63, 3.8) is 0 Å². The molecule has 1 aliphatic heterocycles. The molecule has 122 valence electrons. The molecular weight excluding hydrogens is 343 g/mol. The Morgan fingerprint density at radius 3 is 2.52 bits per heavy atom. The van der Waals surface area contributed by atoms with Gasteiger partial charge in [-0.25, -0.2) is 0 Å². The maximum Gasteiger partial charge on any atom is 0.319 e. The quantitative estimate of drug-likeness (QED) is 0.808. The number of nitrogens with one attached hydrogen (secondary N) is 1. The third-order valence-corrected chi connectivity index (χ3v) is 5.06. The number of carboxylic acids is 1. The van der Waals surface area contributed by atoms with Crippen LogP contribution in [0, 0.1) is 5.41 Å². The van der Waals surface area contributed by atoms with Crippen molar-refractivity contribution in [1.29, 1.82) is 0 Å². The lowest BCUT2D eigenvalue weighted by Gasteiger charge is -2.19. The number of amides is 2. The van der Waals surface area contributed by atoms with Crippen molar-refractivity contribution in [2.75, 3.05) is 11.4 Å². The van der Waals surface area contributed by atoms with Gasteiger partial charge in [-0.3, -0.25) is 14.4 Å². The zero-order chi connectivity index (χ0) is 16.8. The van der Waals surface area contributed by atoms with Gasteiger partial charge in [0.25, 0.3) is 0 Å². The SMILES string of the molecule is O=C1C(NC(=O)C2(C(=O)O)CC2)CCN1c1ccc(Cl)c(Cl)c1. The van der Waals surface area contributed by atoms with E-state index in [9.17, 15) is 14.4 Å². The molecule has 1 heterocycles. The average Bonchev–Trinajstić information content (AvgIpc) is 3.24. The first-order valence-corrected chi connectivity index (χ1v) is 7.91. The van der Waals surface area contributed by atoms with Crippen LogP contribution in [0.3, 0.4) is 0 Å². The van der Waals surface area contributed by atoms with Crippen molar-refractivity contribution >= 4 is 46.7 Å². The van der Waals surface area contributed by atoms with E-state index in [4.69, 9.17) is 28.3 Å². The van der Waals surface area contributed by atoms with E-state index in [2.05, 4.69) is 5.32 Å². The third kappa shape index (κ3) is 2.77. The minimum Gasteiger partial charge on any atom is -0.480 e. The highest BCUT2D eigenvalue weighted by Gasteiger charge is 2.57. The van der Waals surface area contributed by atoms with Gasteiger partial charge >= 0.3 is 5.97 Å². The summed E-state index contributed by atoms with van der Waals surface area (Å²) in [5, 5.41) is 12.4. The van der Waals surface area contributed by atoms with Gasteiger partial charge in [-0.1, -0.05) is 23.2 Å². The normalized spacial score (nSPS) is 22.1. The molecule has 2 amide bonds. The summed E-state index contributed by atoms with van der Waals surface area (Å²) in [4.78, 5) is 37.2. The molecule has 0 bridgehead atoms. The Kier molecular flexibility index (Phi) is 3.98. The fraction of sp³-hybridized carbons (Fsp3) is 0.400. The van der Waals surface area contributed by atoms with Crippen molar-refractivity contribution < 1.29 is 19.5 Å². The number of carbonyl (C=O) groups is 3. The smallest absolute Gasteiger partial charge is 0.319 e. The summed E-state index contributed by atoms with van der Waals surface area (Å²) >= 11 is 11.8. The van der Waals surface area contributed by atoms with E-state index < -0.39 is 23.3 Å². The molecule has 3 rings (SSSR count). The second-order valence-electron chi connectivity index (χ2n) is 5.79. The monoisotopic (exact) mass is 356 g/mol. The predicted octanol–water partition coefficient (Wildman–Crippen LogP) is 2.08. The van der Waals surface area contributed by atoms with Crippen LogP contribution in [0.25, 0.3) is 0 Å². The van der Waals surface area contributed by atoms with Crippen molar-refractivity contribution in [3.8, 4) is 0 Å². The van der Waals surface area contributed by atoms with Crippen molar-refractivity contribution in [3.05, 3.63) is 28.2 Å². The van der Waals surface area contributed by atoms with Gasteiger partial charge in [0.1, 0.15) is 11.5 Å². The van der Waals surface area contributed by atoms with E-state index in [-0.39, 0.29) is 5.91 Å². The Balaban J connectivity index is 1.71. The van der Waals surface area contributed by atoms with Crippen LogP contribution in [0.5, 0.6) is 0 Å². The number of aliphatic carboxylic acids is 1. The third-order valence-electron chi connectivity index (χ3n) is 4.32. The van der Waals surface area contributed by atoms with Gasteiger partial charge in [-0.2, -0.15) is 0 Å². The van der Waals surface area contributed by atoms with Crippen LogP contribution in [-0.4, -0.2) is 35.5 Å². The summed E-state index contributed by atoms with van der Waals surface area (Å²) in [6, 6.07) is 4.15. The Hall–Kier alpha value is -1.79. The minimum atomic E-state index is -1.35. The molecule has 2 N–H and O–H groups in total. The summed E-state index contributed by atoms with van der Waals surface area (Å²) in [6.45, 7) is 0.418. The Morgan fingerprint density at radius 1 is 1.26 bits per heavy atom. The van der Waals surface area contributed by atoms with Crippen molar-refractivity contribution in [1.82, 2.24) is 5.32 Å². The van der Waals surface area contributed by atoms with Gasteiger partial charge in [0.2, 0.25) is 11.8 Å². The second kappa shape index (κ2) is 5.69. The molecule has 23 heavy (non-hydrogen) atoms. The van der Waals surface area contributed by atoms with Crippen LogP contribution in [0.1, 0.15) is 19.3 Å². The minimum absolute atomic E-state index is 0.280. The van der Waals surface area contributed by atoms with Crippen LogP contribution in [0.4, 0.5) is 5.69 Å². The Labute approximate surface area is 142 Å². The maximum absolute atomic E-state index is 12.4. The fourth-order valence-corrected chi connectivity index (χ4v) is 2.97. The molecule has 2 fully saturated rings. The summed E-state index contributed by atoms with van der Waals surface area (Å²) in [6.07, 6.45) is 1.04. The molecule has 6 nitrogen and oxygen atoms in total. The number of halogens is 2. The van der Waals surface area contributed by atoms with Crippen LogP contribution in [-0.2, 0) is 14.4 Å². The van der Waals surface area contributed by atoms with E-state index in [1.165, 1.54) is 4.90 Å². The highest BCUT2D eigenvalue weighted by Crippen LogP contribution is 2.46. The zero-order valence-electron chi connectivity index (χ0n) is 12.0. The molecule has 1 atom stereocenters. The lowest BCUT2D eigenvalue weighted by Crippen LogP contribution is -2.46. The van der Waals surface area contributed by atoms with Gasteiger partial charge in [-0.05, 0) is 37.5 Å². The van der Waals surface area contributed by atoms with E-state index in [1.54, 1.807) is 18.2 Å². The van der Waals surface area contributed by atoms with Crippen LogP contribution in [0.2, 0.25) is 10.0 Å². The number of anilines is 1.